The monoisotopic (exact) mass is 527 g/mol. The lowest BCUT2D eigenvalue weighted by Gasteiger charge is -2.42. The molecule has 1 aliphatic heterocycles. The van der Waals surface area contributed by atoms with Gasteiger partial charge in [0.25, 0.3) is 0 Å². The molecule has 0 saturated carbocycles. The Morgan fingerprint density at radius 3 is 2.06 bits per heavy atom. The second kappa shape index (κ2) is 11.4. The van der Waals surface area contributed by atoms with Crippen molar-refractivity contribution in [1.82, 2.24) is 9.29 Å². The van der Waals surface area contributed by atoms with Crippen molar-refractivity contribution in [3.8, 4) is 16.9 Å². The summed E-state index contributed by atoms with van der Waals surface area (Å²) in [6.07, 6.45) is 8.23. The standard InChI is InChI=1S/C26H26ClN3O5S/c27-22-8-4-20(5-9-22)21-6-10-24(11-7-21)35-19-3-1-2-16-29-17-18-30(23-12-14-28-15-13-23)36(29,25(31)32)26(33)34/h4-15,17-18H,1-3,16,19H2,(H,31,32)(H,33,34). The van der Waals surface area contributed by atoms with Crippen molar-refractivity contribution in [2.45, 2.75) is 19.3 Å². The number of carbonyl (C=O) groups is 2. The minimum absolute atomic E-state index is 0.307. The third-order valence-electron chi connectivity index (χ3n) is 5.72. The number of ether oxygens (including phenoxy) is 1. The van der Waals surface area contributed by atoms with Crippen LogP contribution in [-0.4, -0.2) is 43.3 Å². The highest BCUT2D eigenvalue weighted by Crippen LogP contribution is 2.61. The van der Waals surface area contributed by atoms with Gasteiger partial charge >= 0.3 is 10.6 Å². The van der Waals surface area contributed by atoms with E-state index in [-0.39, 0.29) is 0 Å². The molecule has 0 unspecified atom stereocenters. The predicted molar refractivity (Wildman–Crippen MR) is 142 cm³/mol. The quantitative estimate of drug-likeness (QED) is 0.281. The zero-order chi connectivity index (χ0) is 25.5. The number of hydrogen-bond acceptors (Lipinski definition) is 6. The SMILES string of the molecule is O=C(O)S1(C(=O)O)N(CCCCCOc2ccc(-c3ccc(Cl)cc3)cc2)C=CN1c1ccncc1. The highest BCUT2D eigenvalue weighted by Gasteiger charge is 2.53. The lowest BCUT2D eigenvalue weighted by Crippen LogP contribution is -2.39. The minimum atomic E-state index is -3.37. The first-order chi connectivity index (χ1) is 17.4. The molecular formula is C26H26ClN3O5S. The molecule has 8 nitrogen and oxygen atoms in total. The summed E-state index contributed by atoms with van der Waals surface area (Å²) in [5.41, 5.74) is 2.62. The molecule has 0 aliphatic carbocycles. The number of carboxylic acid groups (broad SMARTS) is 2. The Labute approximate surface area is 216 Å². The number of aromatic nitrogens is 1. The first kappa shape index (κ1) is 25.4. The van der Waals surface area contributed by atoms with Gasteiger partial charge in [0.1, 0.15) is 16.1 Å². The molecule has 0 amide bonds. The molecular weight excluding hydrogens is 502 g/mol. The molecule has 36 heavy (non-hydrogen) atoms. The van der Waals surface area contributed by atoms with Crippen LogP contribution in [-0.2, 0) is 0 Å². The molecule has 0 saturated heterocycles. The topological polar surface area (TPSA) is 103 Å². The number of anilines is 1. The van der Waals surface area contributed by atoms with Crippen molar-refractivity contribution in [3.05, 3.63) is 90.5 Å². The molecule has 0 bridgehead atoms. The van der Waals surface area contributed by atoms with Gasteiger partial charge < -0.3 is 19.3 Å². The summed E-state index contributed by atoms with van der Waals surface area (Å²) in [5, 5.41) is 17.9. The van der Waals surface area contributed by atoms with E-state index in [1.165, 1.54) is 27.2 Å². The van der Waals surface area contributed by atoms with Crippen LogP contribution in [0.1, 0.15) is 19.3 Å². The molecule has 0 atom stereocenters. The van der Waals surface area contributed by atoms with E-state index in [1.807, 2.05) is 48.5 Å². The average Bonchev–Trinajstić information content (AvgIpc) is 3.28. The second-order valence-electron chi connectivity index (χ2n) is 7.99. The highest BCUT2D eigenvalue weighted by molar-refractivity contribution is 8.54. The molecule has 0 radical (unpaired) electrons. The lowest BCUT2D eigenvalue weighted by molar-refractivity contribution is 0.213. The van der Waals surface area contributed by atoms with Gasteiger partial charge in [0.15, 0.2) is 0 Å². The maximum atomic E-state index is 12.3. The van der Waals surface area contributed by atoms with Crippen LogP contribution >= 0.6 is 22.0 Å². The van der Waals surface area contributed by atoms with Crippen molar-refractivity contribution in [3.63, 3.8) is 0 Å². The molecule has 0 fully saturated rings. The van der Waals surface area contributed by atoms with Gasteiger partial charge in [0.2, 0.25) is 0 Å². The van der Waals surface area contributed by atoms with Crippen LogP contribution in [0.3, 0.4) is 0 Å². The largest absolute Gasteiger partial charge is 0.494 e. The van der Waals surface area contributed by atoms with Crippen LogP contribution < -0.4 is 9.04 Å². The molecule has 2 N–H and O–H groups in total. The van der Waals surface area contributed by atoms with Gasteiger partial charge in [-0.2, -0.15) is 0 Å². The zero-order valence-corrected chi connectivity index (χ0v) is 20.9. The summed E-state index contributed by atoms with van der Waals surface area (Å²) in [4.78, 5) is 28.5. The number of pyridine rings is 1. The third-order valence-corrected chi connectivity index (χ3v) is 8.83. The van der Waals surface area contributed by atoms with Crippen molar-refractivity contribution in [2.24, 2.45) is 0 Å². The van der Waals surface area contributed by atoms with Gasteiger partial charge in [-0.1, -0.05) is 35.9 Å². The van der Waals surface area contributed by atoms with E-state index in [0.717, 1.165) is 29.7 Å². The van der Waals surface area contributed by atoms with Crippen molar-refractivity contribution in [2.75, 3.05) is 17.5 Å². The summed E-state index contributed by atoms with van der Waals surface area (Å²) in [5.74, 6) is 0.767. The number of nitrogens with zero attached hydrogens (tertiary/aromatic N) is 3. The summed E-state index contributed by atoms with van der Waals surface area (Å²) in [6, 6.07) is 18.7. The fourth-order valence-corrected chi connectivity index (χ4v) is 6.45. The van der Waals surface area contributed by atoms with E-state index >= 15 is 0 Å². The summed E-state index contributed by atoms with van der Waals surface area (Å²) in [6.45, 7) is 0.816. The average molecular weight is 528 g/mol. The Hall–Kier alpha value is -3.69. The minimum Gasteiger partial charge on any atom is -0.494 e. The molecule has 2 aromatic carbocycles. The van der Waals surface area contributed by atoms with Gasteiger partial charge in [-0.25, -0.2) is 9.59 Å². The Bertz CT molecular complexity index is 1210. The summed E-state index contributed by atoms with van der Waals surface area (Å²) >= 11 is 5.95. The number of benzene rings is 2. The van der Waals surface area contributed by atoms with E-state index in [1.54, 1.807) is 18.3 Å². The summed E-state index contributed by atoms with van der Waals surface area (Å²) in [7, 11) is -3.37. The number of halogens is 1. The van der Waals surface area contributed by atoms with Gasteiger partial charge in [0.05, 0.1) is 12.3 Å². The van der Waals surface area contributed by atoms with Crippen molar-refractivity contribution >= 4 is 38.3 Å². The van der Waals surface area contributed by atoms with Gasteiger partial charge in [-0.05, 0) is 66.8 Å². The molecule has 10 heteroatoms. The van der Waals surface area contributed by atoms with E-state index in [2.05, 4.69) is 4.98 Å². The van der Waals surface area contributed by atoms with Gasteiger partial charge in [0, 0.05) is 36.4 Å². The molecule has 1 aromatic heterocycles. The van der Waals surface area contributed by atoms with Crippen molar-refractivity contribution < 1.29 is 24.5 Å². The fourth-order valence-electron chi connectivity index (χ4n) is 3.93. The van der Waals surface area contributed by atoms with Gasteiger partial charge in [-0.3, -0.25) is 9.29 Å². The van der Waals surface area contributed by atoms with Crippen LogP contribution in [0.25, 0.3) is 11.1 Å². The van der Waals surface area contributed by atoms with Crippen LogP contribution in [0.15, 0.2) is 85.5 Å². The van der Waals surface area contributed by atoms with E-state index in [0.29, 0.717) is 30.3 Å². The smallest absolute Gasteiger partial charge is 0.393 e. The Kier molecular flexibility index (Phi) is 8.02. The van der Waals surface area contributed by atoms with Crippen LogP contribution in [0.4, 0.5) is 15.3 Å². The molecule has 3 aromatic rings. The van der Waals surface area contributed by atoms with Crippen LogP contribution in [0, 0.1) is 0 Å². The van der Waals surface area contributed by atoms with Crippen LogP contribution in [0.2, 0.25) is 5.02 Å². The maximum absolute atomic E-state index is 12.3. The number of hydrogen-bond donors (Lipinski definition) is 2. The normalized spacial score (nSPS) is 15.0. The predicted octanol–water partition coefficient (Wildman–Crippen LogP) is 7.24. The second-order valence-corrected chi connectivity index (χ2v) is 11.1. The Morgan fingerprint density at radius 2 is 1.44 bits per heavy atom. The van der Waals surface area contributed by atoms with Crippen molar-refractivity contribution in [1.29, 1.82) is 0 Å². The molecule has 0 spiro atoms. The molecule has 188 valence electrons. The first-order valence-electron chi connectivity index (χ1n) is 11.4. The Morgan fingerprint density at radius 1 is 0.833 bits per heavy atom. The molecule has 4 rings (SSSR count). The van der Waals surface area contributed by atoms with E-state index in [9.17, 15) is 19.8 Å². The Balaban J connectivity index is 1.28. The number of rotatable bonds is 9. The molecule has 1 aliphatic rings. The van der Waals surface area contributed by atoms with E-state index in [4.69, 9.17) is 16.3 Å². The highest BCUT2D eigenvalue weighted by atomic mass is 35.5. The van der Waals surface area contributed by atoms with Crippen LogP contribution in [0.5, 0.6) is 5.75 Å². The van der Waals surface area contributed by atoms with E-state index < -0.39 is 21.0 Å². The maximum Gasteiger partial charge on any atom is 0.393 e. The lowest BCUT2D eigenvalue weighted by atomic mass is 10.1. The number of unbranched alkanes of at least 4 members (excludes halogenated alkanes) is 2. The summed E-state index contributed by atoms with van der Waals surface area (Å²) < 4.78 is 8.60. The zero-order valence-electron chi connectivity index (χ0n) is 19.4. The fraction of sp³-hybridized carbons (Fsp3) is 0.192. The van der Waals surface area contributed by atoms with Gasteiger partial charge in [-0.15, -0.1) is 0 Å². The first-order valence-corrected chi connectivity index (χ1v) is 13.3. The molecule has 2 heterocycles. The third kappa shape index (κ3) is 5.27.